The lowest BCUT2D eigenvalue weighted by atomic mass is 10.0. The van der Waals surface area contributed by atoms with E-state index in [1.165, 1.54) is 12.8 Å². The van der Waals surface area contributed by atoms with E-state index in [0.717, 1.165) is 38.3 Å². The highest BCUT2D eigenvalue weighted by atomic mass is 16.5. The van der Waals surface area contributed by atoms with E-state index >= 15 is 0 Å². The molecule has 0 unspecified atom stereocenters. The first-order chi connectivity index (χ1) is 9.74. The Kier molecular flexibility index (Phi) is 3.92. The second-order valence-electron chi connectivity index (χ2n) is 5.88. The number of piperidine rings is 1. The lowest BCUT2D eigenvalue weighted by molar-refractivity contribution is 0.0710. The van der Waals surface area contributed by atoms with Gasteiger partial charge in [0.05, 0.1) is 12.2 Å². The number of amides is 1. The van der Waals surface area contributed by atoms with E-state index in [9.17, 15) is 4.79 Å². The van der Waals surface area contributed by atoms with Crippen molar-refractivity contribution in [1.29, 1.82) is 0 Å². The molecule has 4 heteroatoms. The molecule has 20 heavy (non-hydrogen) atoms. The standard InChI is InChI=1S/C16H22N2O2/c17-13-7-9-18(10-8-13)16(19)14-3-1-2-4-15(14)20-11-12-5-6-12/h1-4,12-13H,5-11,17H2. The fraction of sp³-hybridized carbons (Fsp3) is 0.562. The zero-order chi connectivity index (χ0) is 13.9. The third-order valence-electron chi connectivity index (χ3n) is 4.12. The molecular formula is C16H22N2O2. The van der Waals surface area contributed by atoms with Gasteiger partial charge in [-0.15, -0.1) is 0 Å². The maximum Gasteiger partial charge on any atom is 0.257 e. The number of para-hydroxylation sites is 1. The third-order valence-corrected chi connectivity index (χ3v) is 4.12. The van der Waals surface area contributed by atoms with Gasteiger partial charge in [-0.25, -0.2) is 0 Å². The van der Waals surface area contributed by atoms with Crippen molar-refractivity contribution in [3.63, 3.8) is 0 Å². The predicted molar refractivity (Wildman–Crippen MR) is 77.8 cm³/mol. The molecule has 0 atom stereocenters. The van der Waals surface area contributed by atoms with Crippen LogP contribution in [0.3, 0.4) is 0 Å². The molecule has 2 N–H and O–H groups in total. The fourth-order valence-corrected chi connectivity index (χ4v) is 2.53. The van der Waals surface area contributed by atoms with Gasteiger partial charge in [-0.2, -0.15) is 0 Å². The number of ether oxygens (including phenoxy) is 1. The molecule has 1 saturated carbocycles. The van der Waals surface area contributed by atoms with Gasteiger partial charge >= 0.3 is 0 Å². The SMILES string of the molecule is NC1CCN(C(=O)c2ccccc2OCC2CC2)CC1. The molecule has 0 radical (unpaired) electrons. The van der Waals surface area contributed by atoms with E-state index in [2.05, 4.69) is 0 Å². The van der Waals surface area contributed by atoms with Gasteiger partial charge in [-0.3, -0.25) is 4.79 Å². The second-order valence-corrected chi connectivity index (χ2v) is 5.88. The zero-order valence-corrected chi connectivity index (χ0v) is 11.8. The second kappa shape index (κ2) is 5.83. The Morgan fingerprint density at radius 3 is 2.60 bits per heavy atom. The number of nitrogens with two attached hydrogens (primary N) is 1. The zero-order valence-electron chi connectivity index (χ0n) is 11.8. The predicted octanol–water partition coefficient (Wildman–Crippen LogP) is 2.04. The maximum absolute atomic E-state index is 12.6. The topological polar surface area (TPSA) is 55.6 Å². The van der Waals surface area contributed by atoms with E-state index < -0.39 is 0 Å². The molecule has 1 heterocycles. The van der Waals surface area contributed by atoms with Gasteiger partial charge in [0, 0.05) is 19.1 Å². The van der Waals surface area contributed by atoms with E-state index in [4.69, 9.17) is 10.5 Å². The first-order valence-electron chi connectivity index (χ1n) is 7.50. The number of hydrogen-bond acceptors (Lipinski definition) is 3. The number of likely N-dealkylation sites (tertiary alicyclic amines) is 1. The summed E-state index contributed by atoms with van der Waals surface area (Å²) in [5.41, 5.74) is 6.57. The summed E-state index contributed by atoms with van der Waals surface area (Å²) in [5.74, 6) is 1.48. The van der Waals surface area contributed by atoms with Gasteiger partial charge in [-0.05, 0) is 43.7 Å². The van der Waals surface area contributed by atoms with Crippen molar-refractivity contribution in [2.75, 3.05) is 19.7 Å². The van der Waals surface area contributed by atoms with E-state index in [-0.39, 0.29) is 11.9 Å². The molecule has 3 rings (SSSR count). The smallest absolute Gasteiger partial charge is 0.257 e. The van der Waals surface area contributed by atoms with Crippen LogP contribution in [0.25, 0.3) is 0 Å². The summed E-state index contributed by atoms with van der Waals surface area (Å²) in [5, 5.41) is 0. The summed E-state index contributed by atoms with van der Waals surface area (Å²) in [6.07, 6.45) is 4.27. The molecule has 1 aromatic carbocycles. The molecular weight excluding hydrogens is 252 g/mol. The first kappa shape index (κ1) is 13.4. The Labute approximate surface area is 119 Å². The molecule has 2 aliphatic rings. The van der Waals surface area contributed by atoms with Crippen molar-refractivity contribution in [3.05, 3.63) is 29.8 Å². The summed E-state index contributed by atoms with van der Waals surface area (Å²) in [7, 11) is 0. The normalized spacial score (nSPS) is 19.9. The van der Waals surface area contributed by atoms with E-state index in [1.807, 2.05) is 29.2 Å². The molecule has 1 saturated heterocycles. The minimum atomic E-state index is 0.0725. The summed E-state index contributed by atoms with van der Waals surface area (Å²) < 4.78 is 5.82. The van der Waals surface area contributed by atoms with Crippen LogP contribution in [0.4, 0.5) is 0 Å². The molecule has 1 aliphatic heterocycles. The number of benzene rings is 1. The number of hydrogen-bond donors (Lipinski definition) is 1. The van der Waals surface area contributed by atoms with Gasteiger partial charge in [-0.1, -0.05) is 12.1 Å². The van der Waals surface area contributed by atoms with Gasteiger partial charge in [0.15, 0.2) is 0 Å². The quantitative estimate of drug-likeness (QED) is 0.914. The highest BCUT2D eigenvalue weighted by Gasteiger charge is 2.25. The van der Waals surface area contributed by atoms with Crippen LogP contribution in [0.2, 0.25) is 0 Å². The molecule has 2 fully saturated rings. The van der Waals surface area contributed by atoms with E-state index in [1.54, 1.807) is 0 Å². The van der Waals surface area contributed by atoms with Crippen molar-refractivity contribution in [2.45, 2.75) is 31.7 Å². The van der Waals surface area contributed by atoms with Crippen LogP contribution >= 0.6 is 0 Å². The Morgan fingerprint density at radius 2 is 1.90 bits per heavy atom. The van der Waals surface area contributed by atoms with Crippen LogP contribution in [0.5, 0.6) is 5.75 Å². The molecule has 0 aromatic heterocycles. The van der Waals surface area contributed by atoms with Crippen LogP contribution in [0.1, 0.15) is 36.0 Å². The van der Waals surface area contributed by atoms with Crippen LogP contribution in [-0.4, -0.2) is 36.5 Å². The van der Waals surface area contributed by atoms with Crippen molar-refractivity contribution in [1.82, 2.24) is 4.90 Å². The lowest BCUT2D eigenvalue weighted by Crippen LogP contribution is -2.42. The lowest BCUT2D eigenvalue weighted by Gasteiger charge is -2.30. The van der Waals surface area contributed by atoms with Gasteiger partial charge in [0.1, 0.15) is 5.75 Å². The molecule has 0 spiro atoms. The first-order valence-corrected chi connectivity index (χ1v) is 7.50. The van der Waals surface area contributed by atoms with Gasteiger partial charge < -0.3 is 15.4 Å². The van der Waals surface area contributed by atoms with Crippen LogP contribution in [0, 0.1) is 5.92 Å². The monoisotopic (exact) mass is 274 g/mol. The summed E-state index contributed by atoms with van der Waals surface area (Å²) in [6, 6.07) is 7.81. The largest absolute Gasteiger partial charge is 0.492 e. The van der Waals surface area contributed by atoms with Crippen molar-refractivity contribution in [2.24, 2.45) is 11.7 Å². The Morgan fingerprint density at radius 1 is 1.20 bits per heavy atom. The average molecular weight is 274 g/mol. The molecule has 1 aromatic rings. The molecule has 1 aliphatic carbocycles. The summed E-state index contributed by atoms with van der Waals surface area (Å²) >= 11 is 0. The van der Waals surface area contributed by atoms with Gasteiger partial charge in [0.25, 0.3) is 5.91 Å². The number of nitrogens with zero attached hydrogens (tertiary/aromatic N) is 1. The fourth-order valence-electron chi connectivity index (χ4n) is 2.53. The van der Waals surface area contributed by atoms with Crippen molar-refractivity contribution >= 4 is 5.91 Å². The Hall–Kier alpha value is -1.55. The Bertz CT molecular complexity index is 477. The minimum absolute atomic E-state index is 0.0725. The number of carbonyl (C=O) groups excluding carboxylic acids is 1. The van der Waals surface area contributed by atoms with E-state index in [0.29, 0.717) is 11.5 Å². The molecule has 0 bridgehead atoms. The van der Waals surface area contributed by atoms with Gasteiger partial charge in [0.2, 0.25) is 0 Å². The van der Waals surface area contributed by atoms with Crippen LogP contribution in [-0.2, 0) is 0 Å². The highest BCUT2D eigenvalue weighted by Crippen LogP contribution is 2.30. The van der Waals surface area contributed by atoms with Crippen LogP contribution in [0.15, 0.2) is 24.3 Å². The summed E-state index contributed by atoms with van der Waals surface area (Å²) in [4.78, 5) is 14.5. The minimum Gasteiger partial charge on any atom is -0.492 e. The number of rotatable bonds is 4. The van der Waals surface area contributed by atoms with Crippen molar-refractivity contribution < 1.29 is 9.53 Å². The molecule has 4 nitrogen and oxygen atoms in total. The van der Waals surface area contributed by atoms with Crippen molar-refractivity contribution in [3.8, 4) is 5.75 Å². The molecule has 1 amide bonds. The van der Waals surface area contributed by atoms with Crippen LogP contribution < -0.4 is 10.5 Å². The maximum atomic E-state index is 12.6. The average Bonchev–Trinajstić information content (AvgIpc) is 3.30. The highest BCUT2D eigenvalue weighted by molar-refractivity contribution is 5.97. The Balaban J connectivity index is 1.69. The summed E-state index contributed by atoms with van der Waals surface area (Å²) in [6.45, 7) is 2.23. The number of carbonyl (C=O) groups is 1. The third kappa shape index (κ3) is 3.12. The molecule has 108 valence electrons.